The predicted molar refractivity (Wildman–Crippen MR) is 118 cm³/mol. The molecule has 0 aliphatic carbocycles. The second-order valence-corrected chi connectivity index (χ2v) is 8.10. The molecule has 9 nitrogen and oxygen atoms in total. The Bertz CT molecular complexity index is 1210. The first-order chi connectivity index (χ1) is 15.4. The van der Waals surface area contributed by atoms with Gasteiger partial charge in [0.2, 0.25) is 5.82 Å². The molecule has 3 heterocycles. The van der Waals surface area contributed by atoms with E-state index in [0.717, 1.165) is 22.3 Å². The Hall–Kier alpha value is -3.93. The first-order valence-electron chi connectivity index (χ1n) is 10.5. The summed E-state index contributed by atoms with van der Waals surface area (Å²) in [5.41, 5.74) is 5.12. The summed E-state index contributed by atoms with van der Waals surface area (Å²) in [6.07, 6.45) is 2.04. The highest BCUT2D eigenvalue weighted by molar-refractivity contribution is 5.68. The minimum Gasteiger partial charge on any atom is -0.465 e. The van der Waals surface area contributed by atoms with E-state index in [1.54, 1.807) is 12.3 Å². The summed E-state index contributed by atoms with van der Waals surface area (Å²) in [5, 5.41) is 26.1. The molecule has 0 spiro atoms. The second-order valence-electron chi connectivity index (χ2n) is 8.10. The van der Waals surface area contributed by atoms with E-state index in [9.17, 15) is 15.2 Å². The maximum Gasteiger partial charge on any atom is 0.407 e. The van der Waals surface area contributed by atoms with Crippen LogP contribution in [0.3, 0.4) is 0 Å². The fraction of sp³-hybridized carbons (Fsp3) is 0.348. The number of hydrogen-bond acceptors (Lipinski definition) is 7. The number of benzene rings is 1. The molecule has 9 heteroatoms. The van der Waals surface area contributed by atoms with E-state index < -0.39 is 6.09 Å². The zero-order valence-electron chi connectivity index (χ0n) is 18.2. The molecule has 1 aromatic carbocycles. The van der Waals surface area contributed by atoms with Crippen LogP contribution >= 0.6 is 0 Å². The van der Waals surface area contributed by atoms with Crippen molar-refractivity contribution in [2.24, 2.45) is 0 Å². The van der Waals surface area contributed by atoms with Crippen molar-refractivity contribution in [2.75, 3.05) is 18.4 Å². The number of rotatable bonds is 4. The van der Waals surface area contributed by atoms with Crippen LogP contribution in [-0.2, 0) is 12.8 Å². The zero-order valence-corrected chi connectivity index (χ0v) is 18.2. The summed E-state index contributed by atoms with van der Waals surface area (Å²) >= 11 is 0. The number of nitrogens with zero attached hydrogens (tertiary/aromatic N) is 5. The van der Waals surface area contributed by atoms with Gasteiger partial charge in [-0.2, -0.15) is 10.2 Å². The van der Waals surface area contributed by atoms with Gasteiger partial charge in [0.05, 0.1) is 11.1 Å². The van der Waals surface area contributed by atoms with E-state index in [1.807, 2.05) is 32.9 Å². The van der Waals surface area contributed by atoms with E-state index in [0.29, 0.717) is 48.7 Å². The van der Waals surface area contributed by atoms with Crippen LogP contribution < -0.4 is 5.32 Å². The highest BCUT2D eigenvalue weighted by Gasteiger charge is 2.22. The van der Waals surface area contributed by atoms with E-state index in [4.69, 9.17) is 4.52 Å². The molecule has 0 atom stereocenters. The standard InChI is InChI=1S/C23H24N6O3/c1-13(2)26-20-16(11-24)10-17(12-25-20)22-27-21(28-32-22)19-5-4-15-6-8-29(23(30)31)9-7-18(15)14(19)3/h4-5,10,12-13H,6-9H2,1-3H3,(H,25,26)(H,30,31). The van der Waals surface area contributed by atoms with Gasteiger partial charge in [0.25, 0.3) is 5.89 Å². The molecule has 0 unspecified atom stereocenters. The molecular formula is C23H24N6O3. The average molecular weight is 432 g/mol. The molecule has 1 amide bonds. The number of hydrogen-bond donors (Lipinski definition) is 2. The molecular weight excluding hydrogens is 408 g/mol. The van der Waals surface area contributed by atoms with Crippen LogP contribution in [-0.4, -0.2) is 50.4 Å². The highest BCUT2D eigenvalue weighted by Crippen LogP contribution is 2.30. The number of nitriles is 1. The number of amides is 1. The summed E-state index contributed by atoms with van der Waals surface area (Å²) in [5.74, 6) is 1.25. The van der Waals surface area contributed by atoms with E-state index >= 15 is 0 Å². The average Bonchev–Trinajstić information content (AvgIpc) is 3.13. The largest absolute Gasteiger partial charge is 0.465 e. The van der Waals surface area contributed by atoms with Crippen molar-refractivity contribution in [3.8, 4) is 28.9 Å². The Labute approximate surface area is 185 Å². The molecule has 0 bridgehead atoms. The highest BCUT2D eigenvalue weighted by atomic mass is 16.5. The number of carboxylic acid groups (broad SMARTS) is 1. The molecule has 2 aromatic heterocycles. The van der Waals surface area contributed by atoms with Crippen molar-refractivity contribution >= 4 is 11.9 Å². The van der Waals surface area contributed by atoms with Crippen LogP contribution in [0.25, 0.3) is 22.8 Å². The summed E-state index contributed by atoms with van der Waals surface area (Å²) in [7, 11) is 0. The Balaban J connectivity index is 1.64. The summed E-state index contributed by atoms with van der Waals surface area (Å²) in [6.45, 7) is 6.90. The van der Waals surface area contributed by atoms with Crippen LogP contribution in [0.4, 0.5) is 10.6 Å². The SMILES string of the molecule is Cc1c(-c2noc(-c3cnc(NC(C)C)c(C#N)c3)n2)ccc2c1CCN(C(=O)O)CC2. The third-order valence-corrected chi connectivity index (χ3v) is 5.60. The Kier molecular flexibility index (Phi) is 5.77. The van der Waals surface area contributed by atoms with Crippen molar-refractivity contribution in [3.63, 3.8) is 0 Å². The van der Waals surface area contributed by atoms with Crippen LogP contribution in [0.15, 0.2) is 28.9 Å². The Morgan fingerprint density at radius 3 is 2.81 bits per heavy atom. The van der Waals surface area contributed by atoms with Gasteiger partial charge in [0, 0.05) is 30.9 Å². The van der Waals surface area contributed by atoms with Crippen LogP contribution in [0.1, 0.15) is 36.1 Å². The predicted octanol–water partition coefficient (Wildman–Crippen LogP) is 3.88. The van der Waals surface area contributed by atoms with E-state index in [-0.39, 0.29) is 11.9 Å². The van der Waals surface area contributed by atoms with Crippen LogP contribution in [0.5, 0.6) is 0 Å². The lowest BCUT2D eigenvalue weighted by Crippen LogP contribution is -2.31. The van der Waals surface area contributed by atoms with Crippen molar-refractivity contribution < 1.29 is 14.4 Å². The third-order valence-electron chi connectivity index (χ3n) is 5.60. The Morgan fingerprint density at radius 1 is 1.31 bits per heavy atom. The van der Waals surface area contributed by atoms with Gasteiger partial charge in [-0.05, 0) is 56.4 Å². The van der Waals surface area contributed by atoms with Gasteiger partial charge in [-0.1, -0.05) is 17.3 Å². The zero-order chi connectivity index (χ0) is 22.8. The van der Waals surface area contributed by atoms with Crippen LogP contribution in [0, 0.1) is 18.3 Å². The van der Waals surface area contributed by atoms with Crippen molar-refractivity contribution in [2.45, 2.75) is 39.7 Å². The quantitative estimate of drug-likeness (QED) is 0.636. The molecule has 0 saturated carbocycles. The fourth-order valence-electron chi connectivity index (χ4n) is 3.95. The number of nitrogens with one attached hydrogen (secondary N) is 1. The van der Waals surface area contributed by atoms with E-state index in [1.165, 1.54) is 4.90 Å². The first-order valence-corrected chi connectivity index (χ1v) is 10.5. The number of fused-ring (bicyclic) bond motifs is 1. The van der Waals surface area contributed by atoms with Crippen molar-refractivity contribution in [3.05, 3.63) is 46.6 Å². The van der Waals surface area contributed by atoms with E-state index in [2.05, 4.69) is 26.5 Å². The van der Waals surface area contributed by atoms with Gasteiger partial charge in [-0.3, -0.25) is 0 Å². The summed E-state index contributed by atoms with van der Waals surface area (Å²) in [6, 6.07) is 7.94. The second kappa shape index (κ2) is 8.67. The van der Waals surface area contributed by atoms with Crippen molar-refractivity contribution in [1.29, 1.82) is 5.26 Å². The van der Waals surface area contributed by atoms with Gasteiger partial charge in [-0.25, -0.2) is 9.78 Å². The molecule has 0 fully saturated rings. The molecule has 32 heavy (non-hydrogen) atoms. The normalized spacial score (nSPS) is 13.4. The summed E-state index contributed by atoms with van der Waals surface area (Å²) < 4.78 is 5.48. The molecule has 2 N–H and O–H groups in total. The van der Waals surface area contributed by atoms with Gasteiger partial charge >= 0.3 is 6.09 Å². The van der Waals surface area contributed by atoms with Crippen molar-refractivity contribution in [1.82, 2.24) is 20.0 Å². The lowest BCUT2D eigenvalue weighted by atomic mass is 9.93. The number of anilines is 1. The van der Waals surface area contributed by atoms with Gasteiger partial charge in [0.15, 0.2) is 0 Å². The minimum atomic E-state index is -0.890. The number of aromatic nitrogens is 3. The lowest BCUT2D eigenvalue weighted by molar-refractivity contribution is 0.147. The third kappa shape index (κ3) is 4.12. The maximum absolute atomic E-state index is 11.4. The number of carbonyl (C=O) groups is 1. The minimum absolute atomic E-state index is 0.147. The molecule has 4 rings (SSSR count). The van der Waals surface area contributed by atoms with Gasteiger partial charge in [0.1, 0.15) is 11.9 Å². The van der Waals surface area contributed by atoms with Crippen LogP contribution in [0.2, 0.25) is 0 Å². The molecule has 0 saturated heterocycles. The molecule has 164 valence electrons. The molecule has 1 aliphatic rings. The van der Waals surface area contributed by atoms with Gasteiger partial charge < -0.3 is 19.8 Å². The Morgan fingerprint density at radius 2 is 2.09 bits per heavy atom. The smallest absolute Gasteiger partial charge is 0.407 e. The fourth-order valence-corrected chi connectivity index (χ4v) is 3.95. The lowest BCUT2D eigenvalue weighted by Gasteiger charge is -2.15. The molecule has 3 aromatic rings. The maximum atomic E-state index is 11.4. The number of pyridine rings is 1. The molecule has 1 aliphatic heterocycles. The topological polar surface area (TPSA) is 128 Å². The monoisotopic (exact) mass is 432 g/mol. The molecule has 0 radical (unpaired) electrons. The first kappa shape index (κ1) is 21.3. The van der Waals surface area contributed by atoms with Gasteiger partial charge in [-0.15, -0.1) is 0 Å². The summed E-state index contributed by atoms with van der Waals surface area (Å²) in [4.78, 5) is 21.7.